The topological polar surface area (TPSA) is 111 Å². The van der Waals surface area contributed by atoms with Gasteiger partial charge in [0, 0.05) is 50.5 Å². The third kappa shape index (κ3) is 8.48. The average molecular weight is 541 g/mol. The van der Waals surface area contributed by atoms with Gasteiger partial charge in [-0.1, -0.05) is 6.07 Å². The predicted octanol–water partition coefficient (Wildman–Crippen LogP) is 3.79. The number of carbonyl (C=O) groups excluding carboxylic acids is 1. The molecule has 2 atom stereocenters. The van der Waals surface area contributed by atoms with E-state index in [0.29, 0.717) is 25.0 Å². The molecule has 15 heteroatoms. The molecule has 0 bridgehead atoms. The van der Waals surface area contributed by atoms with Crippen LogP contribution in [0.5, 0.6) is 0 Å². The molecule has 2 aliphatic rings. The number of carbonyl (C=O) groups is 3. The first kappa shape index (κ1) is 29.0. The number of amides is 1. The van der Waals surface area contributed by atoms with Crippen LogP contribution in [0.15, 0.2) is 41.4 Å². The van der Waals surface area contributed by atoms with E-state index in [1.807, 2.05) is 18.3 Å². The molecule has 4 rings (SSSR count). The van der Waals surface area contributed by atoms with E-state index in [1.54, 1.807) is 17.5 Å². The van der Waals surface area contributed by atoms with E-state index in [2.05, 4.69) is 31.6 Å². The normalized spacial score (nSPS) is 19.6. The molecule has 0 saturated carbocycles. The van der Waals surface area contributed by atoms with Crippen LogP contribution in [-0.4, -0.2) is 73.8 Å². The van der Waals surface area contributed by atoms with Gasteiger partial charge in [0.1, 0.15) is 0 Å². The molecule has 2 saturated heterocycles. The molecule has 2 fully saturated rings. The van der Waals surface area contributed by atoms with Crippen LogP contribution < -0.4 is 0 Å². The summed E-state index contributed by atoms with van der Waals surface area (Å²) in [5.41, 5.74) is 2.48. The summed E-state index contributed by atoms with van der Waals surface area (Å²) in [4.78, 5) is 38.9. The minimum absolute atomic E-state index is 0.286. The minimum Gasteiger partial charge on any atom is -0.475 e. The van der Waals surface area contributed by atoms with Gasteiger partial charge in [-0.15, -0.1) is 0 Å². The van der Waals surface area contributed by atoms with Gasteiger partial charge in [0.05, 0.1) is 0 Å². The number of fused-ring (bicyclic) bond motifs is 1. The van der Waals surface area contributed by atoms with E-state index >= 15 is 0 Å². The average Bonchev–Trinajstić information content (AvgIpc) is 3.49. The van der Waals surface area contributed by atoms with Crippen molar-refractivity contribution in [3.8, 4) is 0 Å². The Morgan fingerprint density at radius 3 is 2.08 bits per heavy atom. The Bertz CT molecular complexity index is 993. The summed E-state index contributed by atoms with van der Waals surface area (Å²) in [6, 6.07) is 6.91. The number of carboxylic acid groups (broad SMARTS) is 2. The van der Waals surface area contributed by atoms with Crippen molar-refractivity contribution in [1.82, 2.24) is 14.8 Å². The summed E-state index contributed by atoms with van der Waals surface area (Å²) in [6.45, 7) is 2.75. The number of thiophene rings is 1. The maximum atomic E-state index is 12.4. The van der Waals surface area contributed by atoms with Gasteiger partial charge in [-0.05, 0) is 40.4 Å². The third-order valence-corrected chi connectivity index (χ3v) is 5.99. The second-order valence-corrected chi connectivity index (χ2v) is 8.50. The third-order valence-electron chi connectivity index (χ3n) is 5.26. The maximum Gasteiger partial charge on any atom is 0.490 e. The van der Waals surface area contributed by atoms with Crippen molar-refractivity contribution in [2.75, 3.05) is 6.54 Å². The number of aliphatic carboxylic acids is 2. The zero-order valence-corrected chi connectivity index (χ0v) is 19.2. The Hall–Kier alpha value is -3.20. The van der Waals surface area contributed by atoms with E-state index in [0.717, 1.165) is 25.1 Å². The second kappa shape index (κ2) is 12.2. The molecule has 2 N–H and O–H groups in total. The van der Waals surface area contributed by atoms with Gasteiger partial charge in [-0.3, -0.25) is 14.7 Å². The van der Waals surface area contributed by atoms with Crippen LogP contribution in [0.25, 0.3) is 0 Å². The molecule has 2 unspecified atom stereocenters. The van der Waals surface area contributed by atoms with Crippen LogP contribution in [0.2, 0.25) is 0 Å². The molecule has 4 heterocycles. The monoisotopic (exact) mass is 541 g/mol. The van der Waals surface area contributed by atoms with E-state index in [-0.39, 0.29) is 5.91 Å². The molecule has 0 radical (unpaired) electrons. The van der Waals surface area contributed by atoms with Gasteiger partial charge in [-0.2, -0.15) is 37.7 Å². The SMILES string of the molecule is O=C(O)C(F)(F)F.O=C(O)C(F)(F)F.O=C1CC2C(CCN2Cc2ccsc2)N1Cc1cccnc1. The van der Waals surface area contributed by atoms with Crippen LogP contribution in [-0.2, 0) is 27.5 Å². The van der Waals surface area contributed by atoms with Crippen molar-refractivity contribution < 1.29 is 50.9 Å². The number of alkyl halides is 6. The maximum absolute atomic E-state index is 12.4. The lowest BCUT2D eigenvalue weighted by Crippen LogP contribution is -2.36. The summed E-state index contributed by atoms with van der Waals surface area (Å²) in [5, 5.41) is 18.6. The van der Waals surface area contributed by atoms with Crippen LogP contribution >= 0.6 is 11.3 Å². The fourth-order valence-corrected chi connectivity index (χ4v) is 4.38. The lowest BCUT2D eigenvalue weighted by molar-refractivity contribution is -0.193. The van der Waals surface area contributed by atoms with Crippen LogP contribution in [0, 0.1) is 0 Å². The highest BCUT2D eigenvalue weighted by Crippen LogP contribution is 2.34. The van der Waals surface area contributed by atoms with E-state index in [9.17, 15) is 31.1 Å². The standard InChI is InChI=1S/C17H19N3OS.2C2HF3O2/c21-17-8-16-15(20(17)11-13-2-1-5-18-9-13)3-6-19(16)10-14-4-7-22-12-14;2*3-2(4,5)1(6)7/h1-2,4-5,7,9,12,15-16H,3,6,8,10-11H2;2*(H,6,7). The van der Waals surface area contributed by atoms with Gasteiger partial charge in [0.15, 0.2) is 0 Å². The molecule has 2 aliphatic heterocycles. The summed E-state index contributed by atoms with van der Waals surface area (Å²) in [7, 11) is 0. The van der Waals surface area contributed by atoms with Crippen molar-refractivity contribution in [3.63, 3.8) is 0 Å². The van der Waals surface area contributed by atoms with E-state index < -0.39 is 24.3 Å². The first-order valence-corrected chi connectivity index (χ1v) is 11.2. The smallest absolute Gasteiger partial charge is 0.475 e. The predicted molar refractivity (Wildman–Crippen MR) is 114 cm³/mol. The zero-order valence-electron chi connectivity index (χ0n) is 18.4. The Balaban J connectivity index is 0.000000271. The Kier molecular flexibility index (Phi) is 9.81. The number of pyridine rings is 1. The van der Waals surface area contributed by atoms with Crippen molar-refractivity contribution in [2.24, 2.45) is 0 Å². The molecular weight excluding hydrogens is 520 g/mol. The fraction of sp³-hybridized carbons (Fsp3) is 0.429. The summed E-state index contributed by atoms with van der Waals surface area (Å²) >= 11 is 1.74. The zero-order chi connectivity index (χ0) is 27.1. The highest BCUT2D eigenvalue weighted by Gasteiger charge is 2.46. The van der Waals surface area contributed by atoms with Gasteiger partial charge >= 0.3 is 24.3 Å². The number of hydrogen-bond acceptors (Lipinski definition) is 6. The first-order valence-electron chi connectivity index (χ1n) is 10.2. The van der Waals surface area contributed by atoms with Gasteiger partial charge in [0.25, 0.3) is 0 Å². The van der Waals surface area contributed by atoms with Crippen LogP contribution in [0.3, 0.4) is 0 Å². The molecule has 1 amide bonds. The van der Waals surface area contributed by atoms with Gasteiger partial charge in [0.2, 0.25) is 5.91 Å². The number of hydrogen-bond donors (Lipinski definition) is 2. The molecule has 36 heavy (non-hydrogen) atoms. The van der Waals surface area contributed by atoms with Crippen LogP contribution in [0.4, 0.5) is 26.3 Å². The number of nitrogens with zero attached hydrogens (tertiary/aromatic N) is 3. The largest absolute Gasteiger partial charge is 0.490 e. The Morgan fingerprint density at radius 2 is 1.61 bits per heavy atom. The Morgan fingerprint density at radius 1 is 1.00 bits per heavy atom. The number of carboxylic acids is 2. The van der Waals surface area contributed by atoms with Crippen molar-refractivity contribution in [3.05, 3.63) is 52.5 Å². The number of aromatic nitrogens is 1. The number of rotatable bonds is 4. The van der Waals surface area contributed by atoms with E-state index in [1.165, 1.54) is 5.56 Å². The van der Waals surface area contributed by atoms with Crippen molar-refractivity contribution in [2.45, 2.75) is 50.4 Å². The van der Waals surface area contributed by atoms with Crippen molar-refractivity contribution >= 4 is 29.2 Å². The summed E-state index contributed by atoms with van der Waals surface area (Å²) in [5.74, 6) is -5.23. The van der Waals surface area contributed by atoms with Gasteiger partial charge < -0.3 is 15.1 Å². The lowest BCUT2D eigenvalue weighted by atomic mass is 10.1. The first-order chi connectivity index (χ1) is 16.7. The minimum atomic E-state index is -5.08. The molecule has 198 valence electrons. The molecular formula is C21H21F6N3O5S. The quantitative estimate of drug-likeness (QED) is 0.567. The van der Waals surface area contributed by atoms with E-state index in [4.69, 9.17) is 19.8 Å². The van der Waals surface area contributed by atoms with Crippen molar-refractivity contribution in [1.29, 1.82) is 0 Å². The number of halogens is 6. The molecule has 8 nitrogen and oxygen atoms in total. The second-order valence-electron chi connectivity index (χ2n) is 7.72. The summed E-state index contributed by atoms with van der Waals surface area (Å²) < 4.78 is 63.5. The molecule has 0 spiro atoms. The van der Waals surface area contributed by atoms with Gasteiger partial charge in [-0.25, -0.2) is 9.59 Å². The molecule has 2 aromatic rings. The lowest BCUT2D eigenvalue weighted by Gasteiger charge is -2.25. The highest BCUT2D eigenvalue weighted by atomic mass is 32.1. The Labute approximate surface area is 204 Å². The molecule has 2 aromatic heterocycles. The molecule has 0 aromatic carbocycles. The summed E-state index contributed by atoms with van der Waals surface area (Å²) in [6.07, 6.45) is -4.79. The number of likely N-dealkylation sites (tertiary alicyclic amines) is 2. The fourth-order valence-electron chi connectivity index (χ4n) is 3.72. The highest BCUT2D eigenvalue weighted by molar-refractivity contribution is 7.07. The molecule has 0 aliphatic carbocycles. The van der Waals surface area contributed by atoms with Crippen LogP contribution in [0.1, 0.15) is 24.0 Å².